The second-order valence-electron chi connectivity index (χ2n) is 10.1. The fourth-order valence-electron chi connectivity index (χ4n) is 4.47. The third-order valence-corrected chi connectivity index (χ3v) is 5.97. The second-order valence-corrected chi connectivity index (χ2v) is 10.1. The highest BCUT2D eigenvalue weighted by molar-refractivity contribution is 5.70. The highest BCUT2D eigenvalue weighted by Crippen LogP contribution is 2.39. The molecule has 3 heterocycles. The molecule has 1 amide bonds. The molecule has 2 fully saturated rings. The van der Waals surface area contributed by atoms with E-state index in [1.807, 2.05) is 65.0 Å². The van der Waals surface area contributed by atoms with Crippen LogP contribution < -0.4 is 11.2 Å². The minimum Gasteiger partial charge on any atom is -0.444 e. The van der Waals surface area contributed by atoms with Gasteiger partial charge in [0, 0.05) is 25.2 Å². The molecular formula is C24H32N4O6. The van der Waals surface area contributed by atoms with E-state index in [0.717, 1.165) is 5.56 Å². The summed E-state index contributed by atoms with van der Waals surface area (Å²) in [6, 6.07) is 10.4. The molecule has 1 aromatic carbocycles. The first-order chi connectivity index (χ1) is 15.9. The lowest BCUT2D eigenvalue weighted by atomic mass is 10.0. The number of nitrogens with one attached hydrogen (secondary N) is 1. The van der Waals surface area contributed by atoms with Crippen LogP contribution in [0.2, 0.25) is 0 Å². The largest absolute Gasteiger partial charge is 0.444 e. The standard InChI is InChI=1S/C24H32N4O6/c1-23(2,3)33-22(31)28-18(15-32-24(28,4)5)17-13-20(26-12-11-19(29)25-21(26)30)34-27(17)14-16-9-7-6-8-10-16/h6-12,17-18,20H,13-15H2,1-5H3,(H,25,29,30)/t17-,18+,20-/m1/s1. The molecule has 1 N–H and O–H groups in total. The normalized spacial score (nSPS) is 25.0. The number of aromatic nitrogens is 2. The van der Waals surface area contributed by atoms with Crippen molar-refractivity contribution in [3.05, 3.63) is 69.0 Å². The number of hydroxylamine groups is 2. The highest BCUT2D eigenvalue weighted by Gasteiger charge is 2.52. The fraction of sp³-hybridized carbons (Fsp3) is 0.542. The number of hydrogen-bond donors (Lipinski definition) is 1. The van der Waals surface area contributed by atoms with Crippen LogP contribution >= 0.6 is 0 Å². The predicted octanol–water partition coefficient (Wildman–Crippen LogP) is 2.61. The number of hydrogen-bond acceptors (Lipinski definition) is 7. The maximum atomic E-state index is 13.2. The van der Waals surface area contributed by atoms with Crippen molar-refractivity contribution in [3.63, 3.8) is 0 Å². The van der Waals surface area contributed by atoms with Gasteiger partial charge in [-0.1, -0.05) is 30.3 Å². The van der Waals surface area contributed by atoms with E-state index in [2.05, 4.69) is 4.98 Å². The van der Waals surface area contributed by atoms with Crippen molar-refractivity contribution in [3.8, 4) is 0 Å². The molecule has 0 aliphatic carbocycles. The van der Waals surface area contributed by atoms with Crippen molar-refractivity contribution in [1.82, 2.24) is 19.5 Å². The number of rotatable bonds is 4. The van der Waals surface area contributed by atoms with E-state index >= 15 is 0 Å². The lowest BCUT2D eigenvalue weighted by Gasteiger charge is -2.38. The average Bonchev–Trinajstić information content (AvgIpc) is 3.27. The summed E-state index contributed by atoms with van der Waals surface area (Å²) in [6.07, 6.45) is 0.712. The van der Waals surface area contributed by atoms with Crippen molar-refractivity contribution in [2.24, 2.45) is 0 Å². The minimum absolute atomic E-state index is 0.290. The van der Waals surface area contributed by atoms with E-state index in [1.165, 1.54) is 16.8 Å². The Balaban J connectivity index is 1.67. The quantitative estimate of drug-likeness (QED) is 0.729. The van der Waals surface area contributed by atoms with Gasteiger partial charge in [0.15, 0.2) is 6.23 Å². The molecule has 0 bridgehead atoms. The number of nitrogens with zero attached hydrogens (tertiary/aromatic N) is 3. The van der Waals surface area contributed by atoms with Gasteiger partial charge in [-0.05, 0) is 40.2 Å². The zero-order chi connectivity index (χ0) is 24.7. The summed E-state index contributed by atoms with van der Waals surface area (Å²) < 4.78 is 13.1. The SMILES string of the molecule is CC(C)(C)OC(=O)N1[C@H]([C@H]2C[C@H](n3ccc(=O)[nH]c3=O)ON2Cc2ccccc2)COC1(C)C. The summed E-state index contributed by atoms with van der Waals surface area (Å²) in [6.45, 7) is 9.86. The molecule has 184 valence electrons. The van der Waals surface area contributed by atoms with Crippen molar-refractivity contribution in [2.75, 3.05) is 6.61 Å². The van der Waals surface area contributed by atoms with Gasteiger partial charge in [-0.3, -0.25) is 24.1 Å². The summed E-state index contributed by atoms with van der Waals surface area (Å²) in [4.78, 5) is 47.4. The lowest BCUT2D eigenvalue weighted by molar-refractivity contribution is -0.196. The Morgan fingerprint density at radius 2 is 1.85 bits per heavy atom. The van der Waals surface area contributed by atoms with Gasteiger partial charge in [0.25, 0.3) is 5.56 Å². The van der Waals surface area contributed by atoms with Gasteiger partial charge in [-0.25, -0.2) is 9.59 Å². The molecule has 4 rings (SSSR count). The summed E-state index contributed by atoms with van der Waals surface area (Å²) in [5.74, 6) is 0. The Bertz CT molecular complexity index is 1140. The van der Waals surface area contributed by atoms with Crippen LogP contribution in [0.15, 0.2) is 52.2 Å². The topological polar surface area (TPSA) is 106 Å². The Hall–Kier alpha value is -2.95. The van der Waals surface area contributed by atoms with E-state index in [9.17, 15) is 14.4 Å². The van der Waals surface area contributed by atoms with Crippen molar-refractivity contribution in [1.29, 1.82) is 0 Å². The number of carbonyl (C=O) groups excluding carboxylic acids is 1. The molecule has 2 aromatic rings. The fourth-order valence-corrected chi connectivity index (χ4v) is 4.47. The van der Waals surface area contributed by atoms with Gasteiger partial charge in [-0.2, -0.15) is 5.06 Å². The molecule has 3 atom stereocenters. The third-order valence-electron chi connectivity index (χ3n) is 5.97. The van der Waals surface area contributed by atoms with Crippen LogP contribution in [0.5, 0.6) is 0 Å². The van der Waals surface area contributed by atoms with Crippen LogP contribution in [0.1, 0.15) is 52.8 Å². The minimum atomic E-state index is -0.877. The molecule has 34 heavy (non-hydrogen) atoms. The molecular weight excluding hydrogens is 440 g/mol. The van der Waals surface area contributed by atoms with Crippen LogP contribution in [0, 0.1) is 0 Å². The molecule has 2 saturated heterocycles. The molecule has 10 heteroatoms. The number of amides is 1. The lowest BCUT2D eigenvalue weighted by Crippen LogP contribution is -2.55. The first-order valence-electron chi connectivity index (χ1n) is 11.4. The molecule has 0 unspecified atom stereocenters. The monoisotopic (exact) mass is 472 g/mol. The molecule has 2 aliphatic heterocycles. The molecule has 0 spiro atoms. The molecule has 0 saturated carbocycles. The number of ether oxygens (including phenoxy) is 2. The zero-order valence-corrected chi connectivity index (χ0v) is 20.2. The van der Waals surface area contributed by atoms with Crippen LogP contribution in [-0.2, 0) is 20.9 Å². The third kappa shape index (κ3) is 5.08. The van der Waals surface area contributed by atoms with Gasteiger partial charge < -0.3 is 9.47 Å². The molecule has 2 aliphatic rings. The Morgan fingerprint density at radius 3 is 2.50 bits per heavy atom. The molecule has 0 radical (unpaired) electrons. The summed E-state index contributed by atoms with van der Waals surface area (Å²) in [7, 11) is 0. The van der Waals surface area contributed by atoms with E-state index in [0.29, 0.717) is 19.6 Å². The maximum absolute atomic E-state index is 13.2. The summed E-state index contributed by atoms with van der Waals surface area (Å²) in [5.41, 5.74) is -1.55. The summed E-state index contributed by atoms with van der Waals surface area (Å²) >= 11 is 0. The number of H-pyrrole nitrogens is 1. The van der Waals surface area contributed by atoms with Crippen LogP contribution in [0.4, 0.5) is 4.79 Å². The van der Waals surface area contributed by atoms with Crippen molar-refractivity contribution in [2.45, 2.75) is 77.2 Å². The number of carbonyl (C=O) groups is 1. The zero-order valence-electron chi connectivity index (χ0n) is 20.2. The van der Waals surface area contributed by atoms with E-state index < -0.39 is 34.9 Å². The van der Waals surface area contributed by atoms with E-state index in [1.54, 1.807) is 9.96 Å². The van der Waals surface area contributed by atoms with Crippen molar-refractivity contribution < 1.29 is 19.1 Å². The van der Waals surface area contributed by atoms with Crippen LogP contribution in [0.25, 0.3) is 0 Å². The van der Waals surface area contributed by atoms with Gasteiger partial charge in [0.1, 0.15) is 11.3 Å². The number of aromatic amines is 1. The molecule has 1 aromatic heterocycles. The van der Waals surface area contributed by atoms with Crippen LogP contribution in [-0.4, -0.2) is 55.6 Å². The Labute approximate surface area is 198 Å². The first-order valence-corrected chi connectivity index (χ1v) is 11.4. The first kappa shape index (κ1) is 24.2. The van der Waals surface area contributed by atoms with E-state index in [-0.39, 0.29) is 12.1 Å². The Morgan fingerprint density at radius 1 is 1.15 bits per heavy atom. The van der Waals surface area contributed by atoms with Crippen molar-refractivity contribution >= 4 is 6.09 Å². The second kappa shape index (κ2) is 9.01. The molecule has 10 nitrogen and oxygen atoms in total. The highest BCUT2D eigenvalue weighted by atomic mass is 16.7. The van der Waals surface area contributed by atoms with Gasteiger partial charge in [0.2, 0.25) is 0 Å². The van der Waals surface area contributed by atoms with Gasteiger partial charge in [-0.15, -0.1) is 0 Å². The average molecular weight is 473 g/mol. The van der Waals surface area contributed by atoms with Crippen LogP contribution in [0.3, 0.4) is 0 Å². The maximum Gasteiger partial charge on any atom is 0.412 e. The predicted molar refractivity (Wildman–Crippen MR) is 124 cm³/mol. The Kier molecular flexibility index (Phi) is 6.41. The summed E-state index contributed by atoms with van der Waals surface area (Å²) in [5, 5.41) is 1.80. The van der Waals surface area contributed by atoms with E-state index in [4.69, 9.17) is 14.3 Å². The van der Waals surface area contributed by atoms with Gasteiger partial charge >= 0.3 is 11.8 Å². The number of benzene rings is 1. The smallest absolute Gasteiger partial charge is 0.412 e. The van der Waals surface area contributed by atoms with Gasteiger partial charge in [0.05, 0.1) is 18.7 Å².